The van der Waals surface area contributed by atoms with Gasteiger partial charge in [0, 0.05) is 18.1 Å². The van der Waals surface area contributed by atoms with Crippen molar-refractivity contribution in [1.29, 1.82) is 0 Å². The second-order valence-corrected chi connectivity index (χ2v) is 10.6. The Balaban J connectivity index is 1.46. The quantitative estimate of drug-likeness (QED) is 0.537. The molecule has 0 heterocycles. The predicted molar refractivity (Wildman–Crippen MR) is 117 cm³/mol. The first-order valence-corrected chi connectivity index (χ1v) is 11.9. The van der Waals surface area contributed by atoms with Gasteiger partial charge in [0.1, 0.15) is 5.75 Å². The molecule has 0 aliphatic heterocycles. The maximum Gasteiger partial charge on any atom is 0.115 e. The molecule has 2 fully saturated rings. The van der Waals surface area contributed by atoms with Gasteiger partial charge in [-0.2, -0.15) is 11.8 Å². The van der Waals surface area contributed by atoms with Crippen LogP contribution in [0.5, 0.6) is 5.75 Å². The lowest BCUT2D eigenvalue weighted by atomic mass is 9.55. The van der Waals surface area contributed by atoms with Gasteiger partial charge in [-0.05, 0) is 99.0 Å². The van der Waals surface area contributed by atoms with E-state index in [1.165, 1.54) is 55.7 Å². The van der Waals surface area contributed by atoms with Crippen LogP contribution < -0.4 is 0 Å². The first-order valence-electron chi connectivity index (χ1n) is 10.7. The molecule has 0 aromatic heterocycles. The fourth-order valence-corrected chi connectivity index (χ4v) is 7.22. The Bertz CT molecular complexity index is 712. The van der Waals surface area contributed by atoms with Crippen LogP contribution in [0.25, 0.3) is 0 Å². The van der Waals surface area contributed by atoms with Gasteiger partial charge >= 0.3 is 0 Å². The molecule has 4 rings (SSSR count). The normalized spacial score (nSPS) is 33.8. The van der Waals surface area contributed by atoms with Crippen LogP contribution in [-0.4, -0.2) is 42.2 Å². The highest BCUT2D eigenvalue weighted by Crippen LogP contribution is 2.62. The minimum Gasteiger partial charge on any atom is -0.508 e. The largest absolute Gasteiger partial charge is 0.508 e. The van der Waals surface area contributed by atoms with Gasteiger partial charge < -0.3 is 10.0 Å². The molecule has 148 valence electrons. The molecule has 0 unspecified atom stereocenters. The number of rotatable bonds is 5. The van der Waals surface area contributed by atoms with E-state index < -0.39 is 0 Å². The van der Waals surface area contributed by atoms with Gasteiger partial charge in [0.2, 0.25) is 0 Å². The van der Waals surface area contributed by atoms with Crippen LogP contribution in [0.4, 0.5) is 0 Å². The fraction of sp³-hybridized carbons (Fsp3) is 0.667. The van der Waals surface area contributed by atoms with Gasteiger partial charge in [-0.15, -0.1) is 0 Å². The zero-order chi connectivity index (χ0) is 19.0. The minimum absolute atomic E-state index is 0.436. The Morgan fingerprint density at radius 3 is 2.89 bits per heavy atom. The molecule has 0 radical (unpaired) electrons. The molecule has 2 saturated carbocycles. The Morgan fingerprint density at radius 1 is 1.22 bits per heavy atom. The molecule has 0 spiro atoms. The molecule has 3 heteroatoms. The van der Waals surface area contributed by atoms with Crippen molar-refractivity contribution in [2.75, 3.05) is 32.1 Å². The second kappa shape index (κ2) is 7.83. The molecule has 0 amide bonds. The van der Waals surface area contributed by atoms with Crippen molar-refractivity contribution < 1.29 is 5.11 Å². The van der Waals surface area contributed by atoms with Crippen LogP contribution in [-0.2, 0) is 6.42 Å². The molecular weight excluding hydrogens is 350 g/mol. The van der Waals surface area contributed by atoms with Gasteiger partial charge in [0.15, 0.2) is 0 Å². The summed E-state index contributed by atoms with van der Waals surface area (Å²) in [6.45, 7) is 3.75. The molecule has 0 bridgehead atoms. The third-order valence-electron chi connectivity index (χ3n) is 7.69. The van der Waals surface area contributed by atoms with Crippen molar-refractivity contribution in [3.8, 4) is 5.75 Å². The van der Waals surface area contributed by atoms with Crippen molar-refractivity contribution in [2.45, 2.75) is 51.4 Å². The summed E-state index contributed by atoms with van der Waals surface area (Å²) in [6, 6.07) is 6.14. The third-order valence-corrected chi connectivity index (χ3v) is 8.56. The van der Waals surface area contributed by atoms with Gasteiger partial charge in [0.05, 0.1) is 0 Å². The highest BCUT2D eigenvalue weighted by molar-refractivity contribution is 7.99. The smallest absolute Gasteiger partial charge is 0.115 e. The number of phenols is 1. The van der Waals surface area contributed by atoms with Gasteiger partial charge in [0.25, 0.3) is 0 Å². The maximum absolute atomic E-state index is 9.85. The van der Waals surface area contributed by atoms with Gasteiger partial charge in [-0.3, -0.25) is 0 Å². The van der Waals surface area contributed by atoms with E-state index >= 15 is 0 Å². The molecule has 1 aromatic carbocycles. The van der Waals surface area contributed by atoms with Crippen LogP contribution in [0, 0.1) is 17.3 Å². The number of hydrogen-bond donors (Lipinski definition) is 1. The summed E-state index contributed by atoms with van der Waals surface area (Å²) in [4.78, 5) is 2.27. The van der Waals surface area contributed by atoms with Crippen LogP contribution in [0.15, 0.2) is 29.8 Å². The van der Waals surface area contributed by atoms with Crippen molar-refractivity contribution in [3.63, 3.8) is 0 Å². The van der Waals surface area contributed by atoms with E-state index in [0.29, 0.717) is 11.2 Å². The first-order chi connectivity index (χ1) is 13.0. The predicted octanol–water partition coefficient (Wildman–Crippen LogP) is 5.47. The second-order valence-electron chi connectivity index (χ2n) is 9.40. The maximum atomic E-state index is 9.85. The van der Waals surface area contributed by atoms with E-state index in [4.69, 9.17) is 0 Å². The average molecular weight is 386 g/mol. The number of phenolic OH excluding ortho intramolecular Hbond substituents is 1. The minimum atomic E-state index is 0.436. The van der Waals surface area contributed by atoms with Crippen molar-refractivity contribution in [3.05, 3.63) is 41.0 Å². The Labute approximate surface area is 169 Å². The van der Waals surface area contributed by atoms with Crippen LogP contribution >= 0.6 is 11.8 Å². The third kappa shape index (κ3) is 3.70. The summed E-state index contributed by atoms with van der Waals surface area (Å²) >= 11 is 2.08. The lowest BCUT2D eigenvalue weighted by Crippen LogP contribution is -2.40. The summed E-state index contributed by atoms with van der Waals surface area (Å²) in [7, 11) is 4.31. The van der Waals surface area contributed by atoms with Gasteiger partial charge in [-0.25, -0.2) is 0 Å². The topological polar surface area (TPSA) is 23.5 Å². The van der Waals surface area contributed by atoms with E-state index in [9.17, 15) is 5.11 Å². The summed E-state index contributed by atoms with van der Waals surface area (Å²) in [5.74, 6) is 5.27. The van der Waals surface area contributed by atoms with Crippen molar-refractivity contribution in [1.82, 2.24) is 4.90 Å². The number of nitrogens with zero attached hydrogens (tertiary/aromatic N) is 1. The number of aromatic hydroxyl groups is 1. The van der Waals surface area contributed by atoms with E-state index in [1.54, 1.807) is 11.1 Å². The first kappa shape index (κ1) is 19.4. The molecule has 27 heavy (non-hydrogen) atoms. The number of allylic oxidation sites excluding steroid dienone is 1. The van der Waals surface area contributed by atoms with Crippen LogP contribution in [0.2, 0.25) is 0 Å². The summed E-state index contributed by atoms with van der Waals surface area (Å²) in [5.41, 5.74) is 5.16. The Hall–Kier alpha value is -0.930. The summed E-state index contributed by atoms with van der Waals surface area (Å²) in [5, 5.41) is 9.85. The SMILES string of the molecule is CN(C)CCSCC=C1CC[C@H]2[C@@H]3CCc4cc(O)ccc4[C@H]3CC[C@]12C. The lowest BCUT2D eigenvalue weighted by Gasteiger charge is -2.49. The Kier molecular flexibility index (Phi) is 5.62. The monoisotopic (exact) mass is 385 g/mol. The van der Waals surface area contributed by atoms with E-state index in [0.717, 1.165) is 24.2 Å². The standard InChI is InChI=1S/C24H35NOS/c1-24-12-10-21-20-8-6-19(26)16-17(20)4-7-22(21)23(24)9-5-18(24)11-14-27-15-13-25(2)3/h6,8,11,16,21-23,26H,4-5,7,9-10,12-15H2,1-3H3/t21-,22-,23+,24-/m1/s1. The summed E-state index contributed by atoms with van der Waals surface area (Å²) in [6.07, 6.45) is 10.4. The molecule has 3 aliphatic rings. The van der Waals surface area contributed by atoms with Crippen LogP contribution in [0.1, 0.15) is 56.1 Å². The Morgan fingerprint density at radius 2 is 2.07 bits per heavy atom. The lowest BCUT2D eigenvalue weighted by molar-refractivity contribution is 0.0813. The summed E-state index contributed by atoms with van der Waals surface area (Å²) < 4.78 is 0. The fourth-order valence-electron chi connectivity index (χ4n) is 6.24. The molecule has 2 nitrogen and oxygen atoms in total. The zero-order valence-electron chi connectivity index (χ0n) is 17.2. The molecule has 4 atom stereocenters. The van der Waals surface area contributed by atoms with Crippen molar-refractivity contribution >= 4 is 11.8 Å². The zero-order valence-corrected chi connectivity index (χ0v) is 18.0. The average Bonchev–Trinajstić information content (AvgIpc) is 2.97. The van der Waals surface area contributed by atoms with E-state index in [2.05, 4.69) is 49.8 Å². The number of hydrogen-bond acceptors (Lipinski definition) is 3. The van der Waals surface area contributed by atoms with E-state index in [-0.39, 0.29) is 0 Å². The number of thioether (sulfide) groups is 1. The number of benzene rings is 1. The number of aryl methyl sites for hydroxylation is 1. The number of fused-ring (bicyclic) bond motifs is 5. The molecule has 1 aromatic rings. The highest BCUT2D eigenvalue weighted by Gasteiger charge is 2.52. The molecule has 1 N–H and O–H groups in total. The molecule has 0 saturated heterocycles. The highest BCUT2D eigenvalue weighted by atomic mass is 32.2. The molecular formula is C24H35NOS. The van der Waals surface area contributed by atoms with Crippen molar-refractivity contribution in [2.24, 2.45) is 17.3 Å². The van der Waals surface area contributed by atoms with E-state index in [1.807, 2.05) is 12.1 Å². The van der Waals surface area contributed by atoms with Crippen LogP contribution in [0.3, 0.4) is 0 Å². The van der Waals surface area contributed by atoms with Gasteiger partial charge in [-0.1, -0.05) is 24.6 Å². The molecule has 3 aliphatic carbocycles.